The van der Waals surface area contributed by atoms with Crippen molar-refractivity contribution in [1.82, 2.24) is 4.98 Å². The molecule has 0 fully saturated rings. The van der Waals surface area contributed by atoms with Crippen LogP contribution in [0, 0.1) is 0 Å². The lowest BCUT2D eigenvalue weighted by Gasteiger charge is -1.96. The third kappa shape index (κ3) is 3.80. The zero-order valence-corrected chi connectivity index (χ0v) is 7.02. The molecule has 5 heteroatoms. The van der Waals surface area contributed by atoms with Crippen LogP contribution in [0.5, 0.6) is 0 Å². The number of carbonyl (C=O) groups excluding carboxylic acids is 1. The maximum Gasteiger partial charge on any atom is 0.0899 e. The fourth-order valence-corrected chi connectivity index (χ4v) is 0.484. The van der Waals surface area contributed by atoms with Gasteiger partial charge in [0.25, 0.3) is 0 Å². The van der Waals surface area contributed by atoms with Crippen LogP contribution < -0.4 is 5.11 Å². The summed E-state index contributed by atoms with van der Waals surface area (Å²) in [7, 11) is 0. The summed E-state index contributed by atoms with van der Waals surface area (Å²) in [5.41, 5.74) is -0.0301. The standard InChI is InChI=1S/C6H5NO2.2ClH/c8-6(9)5-3-1-2-4-7-5;;/h1-4H,(H,8,9);2*1H/p-1. The highest BCUT2D eigenvalue weighted by molar-refractivity contribution is 5.85. The highest BCUT2D eigenvalue weighted by atomic mass is 35.5. The number of hydrogen-bond acceptors (Lipinski definition) is 3. The van der Waals surface area contributed by atoms with Gasteiger partial charge in [-0.3, -0.25) is 4.98 Å². The Bertz CT molecular complexity index is 215. The highest BCUT2D eigenvalue weighted by Crippen LogP contribution is 1.88. The monoisotopic (exact) mass is 194 g/mol. The zero-order valence-electron chi connectivity index (χ0n) is 5.39. The number of pyridine rings is 1. The molecule has 0 amide bonds. The molecule has 1 aromatic heterocycles. The molecule has 1 heterocycles. The Morgan fingerprint density at radius 3 is 2.27 bits per heavy atom. The molecule has 0 unspecified atom stereocenters. The van der Waals surface area contributed by atoms with Gasteiger partial charge >= 0.3 is 0 Å². The minimum Gasteiger partial charge on any atom is -0.543 e. The Hall–Kier alpha value is -0.800. The summed E-state index contributed by atoms with van der Waals surface area (Å²) in [5.74, 6) is -1.24. The van der Waals surface area contributed by atoms with E-state index in [1.807, 2.05) is 0 Å². The molecule has 0 saturated heterocycles. The summed E-state index contributed by atoms with van der Waals surface area (Å²) in [6, 6.07) is 4.62. The van der Waals surface area contributed by atoms with E-state index in [1.54, 1.807) is 12.1 Å². The first kappa shape index (κ1) is 12.8. The molecule has 0 N–H and O–H groups in total. The van der Waals surface area contributed by atoms with Crippen molar-refractivity contribution in [2.45, 2.75) is 0 Å². The summed E-state index contributed by atoms with van der Waals surface area (Å²) in [6.07, 6.45) is 1.41. The van der Waals surface area contributed by atoms with E-state index in [1.165, 1.54) is 12.3 Å². The van der Waals surface area contributed by atoms with Crippen LogP contribution in [0.3, 0.4) is 0 Å². The zero-order chi connectivity index (χ0) is 6.69. The van der Waals surface area contributed by atoms with E-state index < -0.39 is 5.97 Å². The second-order valence-electron chi connectivity index (χ2n) is 1.50. The number of aromatic nitrogens is 1. The van der Waals surface area contributed by atoms with Crippen LogP contribution in [-0.2, 0) is 0 Å². The van der Waals surface area contributed by atoms with E-state index in [0.717, 1.165) is 0 Å². The number of aromatic carboxylic acids is 1. The van der Waals surface area contributed by atoms with Gasteiger partial charge in [0.05, 0.1) is 11.7 Å². The molecule has 0 saturated carbocycles. The van der Waals surface area contributed by atoms with Crippen molar-refractivity contribution in [2.75, 3.05) is 0 Å². The summed E-state index contributed by atoms with van der Waals surface area (Å²) in [6.45, 7) is 0. The topological polar surface area (TPSA) is 53.0 Å². The second-order valence-corrected chi connectivity index (χ2v) is 1.50. The number of carboxylic acids is 1. The molecule has 3 nitrogen and oxygen atoms in total. The predicted molar refractivity (Wildman–Crippen MR) is 43.1 cm³/mol. The molecule has 1 aromatic rings. The van der Waals surface area contributed by atoms with Gasteiger partial charge in [-0.25, -0.2) is 0 Å². The van der Waals surface area contributed by atoms with Crippen LogP contribution in [-0.4, -0.2) is 11.0 Å². The second kappa shape index (κ2) is 5.95. The number of rotatable bonds is 1. The lowest BCUT2D eigenvalue weighted by Crippen LogP contribution is -2.23. The normalized spacial score (nSPS) is 7.27. The molecule has 0 spiro atoms. The smallest absolute Gasteiger partial charge is 0.0899 e. The summed E-state index contributed by atoms with van der Waals surface area (Å²) in [5, 5.41) is 10.0. The quantitative estimate of drug-likeness (QED) is 0.646. The number of carboxylic acid groups (broad SMARTS) is 1. The third-order valence-electron chi connectivity index (χ3n) is 0.874. The first-order valence-electron chi connectivity index (χ1n) is 2.43. The Kier molecular flexibility index (Phi) is 6.94. The molecule has 0 bridgehead atoms. The van der Waals surface area contributed by atoms with E-state index in [2.05, 4.69) is 4.98 Å². The largest absolute Gasteiger partial charge is 0.543 e. The van der Waals surface area contributed by atoms with Crippen molar-refractivity contribution < 1.29 is 9.90 Å². The van der Waals surface area contributed by atoms with E-state index >= 15 is 0 Å². The fraction of sp³-hybridized carbons (Fsp3) is 0. The fourth-order valence-electron chi connectivity index (χ4n) is 0.484. The van der Waals surface area contributed by atoms with E-state index in [0.29, 0.717) is 0 Å². The molecule has 0 aliphatic rings. The molecule has 0 aliphatic heterocycles. The minimum absolute atomic E-state index is 0. The molecular formula is C6H6Cl2NO2-. The molecule has 0 aromatic carbocycles. The van der Waals surface area contributed by atoms with Gasteiger partial charge in [0.15, 0.2) is 0 Å². The van der Waals surface area contributed by atoms with Gasteiger partial charge < -0.3 is 9.90 Å². The van der Waals surface area contributed by atoms with Crippen LogP contribution >= 0.6 is 24.8 Å². The van der Waals surface area contributed by atoms with Gasteiger partial charge in [-0.15, -0.1) is 24.8 Å². The van der Waals surface area contributed by atoms with Gasteiger partial charge in [-0.1, -0.05) is 6.07 Å². The van der Waals surface area contributed by atoms with E-state index in [4.69, 9.17) is 0 Å². The van der Waals surface area contributed by atoms with Gasteiger partial charge in [0, 0.05) is 6.20 Å². The number of hydrogen-bond donors (Lipinski definition) is 0. The third-order valence-corrected chi connectivity index (χ3v) is 0.874. The average molecular weight is 195 g/mol. The molecule has 11 heavy (non-hydrogen) atoms. The maximum atomic E-state index is 10.0. The van der Waals surface area contributed by atoms with E-state index in [-0.39, 0.29) is 30.5 Å². The highest BCUT2D eigenvalue weighted by Gasteiger charge is 1.87. The van der Waals surface area contributed by atoms with Crippen molar-refractivity contribution >= 4 is 30.8 Å². The van der Waals surface area contributed by atoms with Crippen LogP contribution in [0.25, 0.3) is 0 Å². The van der Waals surface area contributed by atoms with Crippen LogP contribution in [0.2, 0.25) is 0 Å². The van der Waals surface area contributed by atoms with E-state index in [9.17, 15) is 9.90 Å². The van der Waals surface area contributed by atoms with Gasteiger partial charge in [0.1, 0.15) is 0 Å². The van der Waals surface area contributed by atoms with Crippen molar-refractivity contribution in [3.63, 3.8) is 0 Å². The molecule has 62 valence electrons. The van der Waals surface area contributed by atoms with Gasteiger partial charge in [-0.05, 0) is 12.1 Å². The summed E-state index contributed by atoms with van der Waals surface area (Å²) in [4.78, 5) is 13.5. The molecular weight excluding hydrogens is 189 g/mol. The lowest BCUT2D eigenvalue weighted by molar-refractivity contribution is -0.255. The summed E-state index contributed by atoms with van der Waals surface area (Å²) < 4.78 is 0. The Morgan fingerprint density at radius 1 is 1.36 bits per heavy atom. The van der Waals surface area contributed by atoms with Crippen molar-refractivity contribution in [3.8, 4) is 0 Å². The predicted octanol–water partition coefficient (Wildman–Crippen LogP) is 0.289. The lowest BCUT2D eigenvalue weighted by atomic mass is 10.4. The molecule has 1 rings (SSSR count). The van der Waals surface area contributed by atoms with Crippen molar-refractivity contribution in [1.29, 1.82) is 0 Å². The molecule has 0 atom stereocenters. The van der Waals surface area contributed by atoms with Gasteiger partial charge in [-0.2, -0.15) is 0 Å². The SMILES string of the molecule is Cl.Cl.O=C([O-])c1ccccn1. The first-order valence-corrected chi connectivity index (χ1v) is 2.43. The Morgan fingerprint density at radius 2 is 2.00 bits per heavy atom. The molecule has 0 radical (unpaired) electrons. The first-order chi connectivity index (χ1) is 4.30. The van der Waals surface area contributed by atoms with Gasteiger partial charge in [0.2, 0.25) is 0 Å². The summed E-state index contributed by atoms with van der Waals surface area (Å²) >= 11 is 0. The van der Waals surface area contributed by atoms with Crippen molar-refractivity contribution in [2.24, 2.45) is 0 Å². The Balaban J connectivity index is 0. The van der Waals surface area contributed by atoms with Crippen LogP contribution in [0.4, 0.5) is 0 Å². The maximum absolute atomic E-state index is 10.0. The Labute approximate surface area is 76.3 Å². The van der Waals surface area contributed by atoms with Crippen molar-refractivity contribution in [3.05, 3.63) is 30.1 Å². The van der Waals surface area contributed by atoms with Crippen LogP contribution in [0.1, 0.15) is 10.5 Å². The average Bonchev–Trinajstić information content (AvgIpc) is 1.90. The molecule has 0 aliphatic carbocycles. The number of carbonyl (C=O) groups is 1. The van der Waals surface area contributed by atoms with Crippen LogP contribution in [0.15, 0.2) is 24.4 Å². The number of nitrogens with zero attached hydrogens (tertiary/aromatic N) is 1. The minimum atomic E-state index is -1.24. The number of halogens is 2.